The van der Waals surface area contributed by atoms with Crippen LogP contribution in [-0.4, -0.2) is 29.5 Å². The summed E-state index contributed by atoms with van der Waals surface area (Å²) in [7, 11) is 1.63. The zero-order valence-electron chi connectivity index (χ0n) is 14.7. The number of methoxy groups -OCH3 is 1. The first-order chi connectivity index (χ1) is 11.6. The van der Waals surface area contributed by atoms with E-state index in [9.17, 15) is 5.11 Å². The molecule has 1 heterocycles. The van der Waals surface area contributed by atoms with Gasteiger partial charge in [-0.3, -0.25) is 9.98 Å². The number of fused-ring (bicyclic) bond motifs is 1. The van der Waals surface area contributed by atoms with Gasteiger partial charge in [-0.1, -0.05) is 13.0 Å². The first-order valence-electron chi connectivity index (χ1n) is 8.31. The molecule has 0 unspecified atom stereocenters. The lowest BCUT2D eigenvalue weighted by molar-refractivity contribution is 0.248. The van der Waals surface area contributed by atoms with Crippen molar-refractivity contribution in [3.05, 3.63) is 48.7 Å². The Labute approximate surface area is 143 Å². The number of aliphatic imine (C=N–C) groups is 1. The molecular formula is C20H26N2O2. The summed E-state index contributed by atoms with van der Waals surface area (Å²) in [5, 5.41) is 11.6. The zero-order valence-corrected chi connectivity index (χ0v) is 14.7. The highest BCUT2D eigenvalue weighted by molar-refractivity contribution is 5.93. The molecule has 24 heavy (non-hydrogen) atoms. The van der Waals surface area contributed by atoms with Crippen molar-refractivity contribution in [2.75, 3.05) is 13.7 Å². The van der Waals surface area contributed by atoms with Gasteiger partial charge in [0.15, 0.2) is 0 Å². The Kier molecular flexibility index (Phi) is 6.50. The van der Waals surface area contributed by atoms with Gasteiger partial charge in [0, 0.05) is 23.8 Å². The summed E-state index contributed by atoms with van der Waals surface area (Å²) in [5.41, 5.74) is 2.36. The van der Waals surface area contributed by atoms with Crippen LogP contribution in [0.15, 0.2) is 48.1 Å². The lowest BCUT2D eigenvalue weighted by Gasteiger charge is -2.14. The van der Waals surface area contributed by atoms with E-state index in [0.29, 0.717) is 12.5 Å². The minimum atomic E-state index is -0.737. The molecule has 2 atom stereocenters. The fourth-order valence-electron chi connectivity index (χ4n) is 2.61. The van der Waals surface area contributed by atoms with Gasteiger partial charge in [0.2, 0.25) is 0 Å². The molecule has 4 heteroatoms. The van der Waals surface area contributed by atoms with E-state index in [1.807, 2.05) is 37.3 Å². The van der Waals surface area contributed by atoms with Gasteiger partial charge < -0.3 is 9.84 Å². The predicted molar refractivity (Wildman–Crippen MR) is 99.8 cm³/mol. The third-order valence-electron chi connectivity index (χ3n) is 4.25. The van der Waals surface area contributed by atoms with Crippen LogP contribution in [0.2, 0.25) is 0 Å². The van der Waals surface area contributed by atoms with E-state index in [0.717, 1.165) is 40.8 Å². The minimum absolute atomic E-state index is 0.502. The van der Waals surface area contributed by atoms with Gasteiger partial charge in [0.05, 0.1) is 12.6 Å². The summed E-state index contributed by atoms with van der Waals surface area (Å²) in [4.78, 5) is 8.88. The monoisotopic (exact) mass is 326 g/mol. The second-order valence-electron chi connectivity index (χ2n) is 6.06. The molecule has 0 saturated heterocycles. The maximum Gasteiger partial charge on any atom is 0.119 e. The smallest absolute Gasteiger partial charge is 0.119 e. The molecule has 2 aromatic rings. The number of hydrogen-bond donors (Lipinski definition) is 1. The van der Waals surface area contributed by atoms with Crippen LogP contribution in [0.25, 0.3) is 10.9 Å². The molecule has 128 valence electrons. The Bertz CT molecular complexity index is 725. The van der Waals surface area contributed by atoms with Crippen molar-refractivity contribution in [1.29, 1.82) is 0 Å². The molecule has 1 aromatic carbocycles. The number of rotatable bonds is 8. The molecule has 0 aliphatic rings. The van der Waals surface area contributed by atoms with Crippen molar-refractivity contribution in [3.8, 4) is 5.75 Å². The molecule has 0 aliphatic heterocycles. The van der Waals surface area contributed by atoms with Crippen LogP contribution in [0.1, 0.15) is 38.4 Å². The molecule has 0 saturated carbocycles. The molecule has 1 N–H and O–H groups in total. The first-order valence-corrected chi connectivity index (χ1v) is 8.31. The summed E-state index contributed by atoms with van der Waals surface area (Å²) in [6.45, 7) is 8.53. The Morgan fingerprint density at radius 3 is 2.92 bits per heavy atom. The first kappa shape index (κ1) is 18.1. The van der Waals surface area contributed by atoms with Gasteiger partial charge in [-0.05, 0) is 55.5 Å². The van der Waals surface area contributed by atoms with Gasteiger partial charge in [-0.25, -0.2) is 0 Å². The van der Waals surface area contributed by atoms with Crippen LogP contribution in [0.4, 0.5) is 0 Å². The van der Waals surface area contributed by atoms with Gasteiger partial charge >= 0.3 is 0 Å². The second-order valence-corrected chi connectivity index (χ2v) is 6.06. The molecule has 2 rings (SSSR count). The number of ether oxygens (including phenoxy) is 1. The summed E-state index contributed by atoms with van der Waals surface area (Å²) >= 11 is 0. The van der Waals surface area contributed by atoms with Crippen LogP contribution < -0.4 is 4.74 Å². The normalized spacial score (nSPS) is 14.4. The molecule has 4 nitrogen and oxygen atoms in total. The third-order valence-corrected chi connectivity index (χ3v) is 4.25. The summed E-state index contributed by atoms with van der Waals surface area (Å²) < 4.78 is 5.28. The van der Waals surface area contributed by atoms with Gasteiger partial charge in [-0.15, -0.1) is 6.58 Å². The predicted octanol–water partition coefficient (Wildman–Crippen LogP) is 4.34. The lowest BCUT2D eigenvalue weighted by Crippen LogP contribution is -2.10. The maximum atomic E-state index is 10.7. The quantitative estimate of drug-likeness (QED) is 0.446. The van der Waals surface area contributed by atoms with Crippen LogP contribution >= 0.6 is 0 Å². The largest absolute Gasteiger partial charge is 0.497 e. The van der Waals surface area contributed by atoms with E-state index in [1.54, 1.807) is 13.3 Å². The lowest BCUT2D eigenvalue weighted by atomic mass is 10.0. The van der Waals surface area contributed by atoms with Crippen LogP contribution in [0.3, 0.4) is 0 Å². The van der Waals surface area contributed by atoms with Crippen molar-refractivity contribution in [1.82, 2.24) is 4.98 Å². The standard InChI is InChI=1S/C20H26N2O2/c1-5-14(2)7-6-11-21-15(3)20(23)17-10-12-22-19-9-8-16(24-4)13-18(17)19/h5,8-10,12-14,20,23H,1,6-7,11H2,2-4H3/b21-15+/t14-,20-/m0/s1. The van der Waals surface area contributed by atoms with E-state index in [-0.39, 0.29) is 0 Å². The Balaban J connectivity index is 2.17. The molecule has 0 bridgehead atoms. The number of aliphatic hydroxyl groups excluding tert-OH is 1. The SMILES string of the molecule is C=C[C@H](C)CCC/N=C(\C)[C@H](O)c1ccnc2ccc(OC)cc12. The molecule has 0 spiro atoms. The summed E-state index contributed by atoms with van der Waals surface area (Å²) in [6, 6.07) is 7.51. The highest BCUT2D eigenvalue weighted by Gasteiger charge is 2.15. The van der Waals surface area contributed by atoms with Gasteiger partial charge in [-0.2, -0.15) is 0 Å². The Hall–Kier alpha value is -2.20. The average Bonchev–Trinajstić information content (AvgIpc) is 2.63. The van der Waals surface area contributed by atoms with E-state index in [4.69, 9.17) is 4.74 Å². The molecular weight excluding hydrogens is 300 g/mol. The molecule has 0 aliphatic carbocycles. The van der Waals surface area contributed by atoms with Gasteiger partial charge in [0.25, 0.3) is 0 Å². The molecule has 0 fully saturated rings. The van der Waals surface area contributed by atoms with Crippen molar-refractivity contribution >= 4 is 16.6 Å². The number of pyridine rings is 1. The third kappa shape index (κ3) is 4.42. The fourth-order valence-corrected chi connectivity index (χ4v) is 2.61. The van der Waals surface area contributed by atoms with E-state index >= 15 is 0 Å². The van der Waals surface area contributed by atoms with Crippen molar-refractivity contribution < 1.29 is 9.84 Å². The number of benzene rings is 1. The number of allylic oxidation sites excluding steroid dienone is 1. The summed E-state index contributed by atoms with van der Waals surface area (Å²) in [5.74, 6) is 1.25. The molecule has 0 radical (unpaired) electrons. The Morgan fingerprint density at radius 2 is 2.21 bits per heavy atom. The molecule has 0 amide bonds. The Morgan fingerprint density at radius 1 is 1.42 bits per heavy atom. The topological polar surface area (TPSA) is 54.7 Å². The number of aliphatic hydroxyl groups is 1. The summed E-state index contributed by atoms with van der Waals surface area (Å²) in [6.07, 6.45) is 4.99. The second kappa shape index (κ2) is 8.60. The van der Waals surface area contributed by atoms with Crippen molar-refractivity contribution in [3.63, 3.8) is 0 Å². The van der Waals surface area contributed by atoms with Crippen LogP contribution in [0.5, 0.6) is 5.75 Å². The number of aromatic nitrogens is 1. The van der Waals surface area contributed by atoms with E-state index in [2.05, 4.69) is 23.5 Å². The highest BCUT2D eigenvalue weighted by atomic mass is 16.5. The zero-order chi connectivity index (χ0) is 17.5. The van der Waals surface area contributed by atoms with E-state index in [1.165, 1.54) is 0 Å². The van der Waals surface area contributed by atoms with Crippen LogP contribution in [0, 0.1) is 5.92 Å². The highest BCUT2D eigenvalue weighted by Crippen LogP contribution is 2.27. The van der Waals surface area contributed by atoms with Gasteiger partial charge in [0.1, 0.15) is 11.9 Å². The maximum absolute atomic E-state index is 10.7. The average molecular weight is 326 g/mol. The number of nitrogens with zero attached hydrogens (tertiary/aromatic N) is 2. The van der Waals surface area contributed by atoms with Crippen molar-refractivity contribution in [2.24, 2.45) is 10.9 Å². The molecule has 1 aromatic heterocycles. The van der Waals surface area contributed by atoms with Crippen molar-refractivity contribution in [2.45, 2.75) is 32.8 Å². The van der Waals surface area contributed by atoms with E-state index < -0.39 is 6.10 Å². The van der Waals surface area contributed by atoms with Crippen LogP contribution in [-0.2, 0) is 0 Å². The minimum Gasteiger partial charge on any atom is -0.497 e. The fraction of sp³-hybridized carbons (Fsp3) is 0.400. The number of hydrogen-bond acceptors (Lipinski definition) is 4.